The van der Waals surface area contributed by atoms with E-state index in [4.69, 9.17) is 6.57 Å². The van der Waals surface area contributed by atoms with Gasteiger partial charge in [-0.1, -0.05) is 24.8 Å². The van der Waals surface area contributed by atoms with E-state index in [0.717, 1.165) is 29.2 Å². The molecular formula is C31H30F3N7O4S. The van der Waals surface area contributed by atoms with E-state index >= 15 is 0 Å². The Balaban J connectivity index is 1.41. The van der Waals surface area contributed by atoms with Gasteiger partial charge in [0.15, 0.2) is 5.65 Å². The highest BCUT2D eigenvalue weighted by atomic mass is 32.2. The number of aromatic nitrogens is 4. The fourth-order valence-electron chi connectivity index (χ4n) is 6.50. The van der Waals surface area contributed by atoms with Crippen molar-refractivity contribution in [3.05, 3.63) is 87.7 Å². The molecular weight excluding hydrogens is 623 g/mol. The van der Waals surface area contributed by atoms with Crippen LogP contribution in [0.4, 0.5) is 24.8 Å². The number of aryl methyl sites for hydroxylation is 2. The van der Waals surface area contributed by atoms with E-state index in [0.29, 0.717) is 34.6 Å². The summed E-state index contributed by atoms with van der Waals surface area (Å²) in [5.74, 6) is -2.64. The number of anilines is 1. The van der Waals surface area contributed by atoms with Gasteiger partial charge >= 0.3 is 12.1 Å². The van der Waals surface area contributed by atoms with Crippen molar-refractivity contribution in [1.29, 1.82) is 0 Å². The van der Waals surface area contributed by atoms with Gasteiger partial charge in [-0.25, -0.2) is 8.42 Å². The monoisotopic (exact) mass is 653 g/mol. The molecule has 0 aliphatic carbocycles. The quantitative estimate of drug-likeness (QED) is 0.271. The van der Waals surface area contributed by atoms with Gasteiger partial charge < -0.3 is 14.9 Å². The first kappa shape index (κ1) is 31.4. The van der Waals surface area contributed by atoms with Gasteiger partial charge in [0.25, 0.3) is 5.82 Å². The number of piperidine rings is 1. The third kappa shape index (κ3) is 5.56. The average molecular weight is 654 g/mol. The average Bonchev–Trinajstić information content (AvgIpc) is 3.44. The number of nitrogens with zero attached hydrogens (tertiary/aromatic N) is 7. The summed E-state index contributed by atoms with van der Waals surface area (Å²) in [7, 11) is -4.04. The van der Waals surface area contributed by atoms with Crippen molar-refractivity contribution in [2.24, 2.45) is 0 Å². The van der Waals surface area contributed by atoms with Crippen LogP contribution in [0.1, 0.15) is 65.2 Å². The maximum Gasteiger partial charge on any atom is 0.452 e. The second-order valence-corrected chi connectivity index (χ2v) is 13.6. The number of alkyl halides is 3. The number of hydrogen-bond donors (Lipinski definition) is 1. The molecule has 1 N–H and O–H groups in total. The minimum Gasteiger partial charge on any atom is -0.481 e. The number of fused-ring (bicyclic) bond motifs is 4. The van der Waals surface area contributed by atoms with Gasteiger partial charge in [-0.05, 0) is 79.1 Å². The maximum atomic E-state index is 14.1. The second kappa shape index (κ2) is 11.7. The highest BCUT2D eigenvalue weighted by Crippen LogP contribution is 2.39. The molecule has 4 aromatic rings. The summed E-state index contributed by atoms with van der Waals surface area (Å²) < 4.78 is 70.9. The summed E-state index contributed by atoms with van der Waals surface area (Å²) >= 11 is 0. The fraction of sp³-hybridized carbons (Fsp3) is 0.387. The van der Waals surface area contributed by atoms with Crippen LogP contribution in [0.15, 0.2) is 47.5 Å². The predicted molar refractivity (Wildman–Crippen MR) is 161 cm³/mol. The number of halogens is 3. The summed E-state index contributed by atoms with van der Waals surface area (Å²) in [4.78, 5) is 21.9. The van der Waals surface area contributed by atoms with Crippen LogP contribution < -0.4 is 4.90 Å². The number of carboxylic acids is 1. The molecule has 0 bridgehead atoms. The van der Waals surface area contributed by atoms with Crippen LogP contribution in [0.3, 0.4) is 0 Å². The van der Waals surface area contributed by atoms with E-state index in [1.54, 1.807) is 25.1 Å². The fourth-order valence-corrected chi connectivity index (χ4v) is 8.09. The normalized spacial score (nSPS) is 18.8. The molecule has 1 saturated heterocycles. The van der Waals surface area contributed by atoms with E-state index < -0.39 is 33.9 Å². The molecule has 46 heavy (non-hydrogen) atoms. The summed E-state index contributed by atoms with van der Waals surface area (Å²) in [6.45, 7) is 11.6. The van der Waals surface area contributed by atoms with Gasteiger partial charge in [0.2, 0.25) is 21.7 Å². The Morgan fingerprint density at radius 3 is 2.65 bits per heavy atom. The largest absolute Gasteiger partial charge is 0.481 e. The Kier molecular flexibility index (Phi) is 7.97. The van der Waals surface area contributed by atoms with Gasteiger partial charge in [-0.15, -0.1) is 15.2 Å². The maximum absolute atomic E-state index is 14.1. The predicted octanol–water partition coefficient (Wildman–Crippen LogP) is 5.48. The van der Waals surface area contributed by atoms with E-state index in [9.17, 15) is 31.5 Å². The SMILES string of the molecule is [C-]#[N+]c1ccc2c(n1)N1CCCC[C@@H]1CN(Cc1cc([C@H](CC(=O)O)c3ccn4c(C(F)(F)F)nnc4c3C)ccc1C)S2(=O)=O. The second-order valence-electron chi connectivity index (χ2n) is 11.7. The van der Waals surface area contributed by atoms with E-state index in [1.807, 2.05) is 11.8 Å². The zero-order chi connectivity index (χ0) is 33.0. The Morgan fingerprint density at radius 1 is 1.15 bits per heavy atom. The molecule has 0 radical (unpaired) electrons. The lowest BCUT2D eigenvalue weighted by Gasteiger charge is -2.35. The molecule has 5 heterocycles. The van der Waals surface area contributed by atoms with Crippen LogP contribution in [0.5, 0.6) is 0 Å². The number of hydrogen-bond acceptors (Lipinski definition) is 7. The zero-order valence-corrected chi connectivity index (χ0v) is 25.8. The van der Waals surface area contributed by atoms with Crippen LogP contribution in [-0.4, -0.2) is 62.5 Å². The van der Waals surface area contributed by atoms with Crippen molar-refractivity contribution in [2.75, 3.05) is 18.0 Å². The van der Waals surface area contributed by atoms with Crippen molar-refractivity contribution < 1.29 is 31.5 Å². The van der Waals surface area contributed by atoms with Gasteiger partial charge in [0.05, 0.1) is 6.42 Å². The first-order valence-corrected chi connectivity index (χ1v) is 16.1. The highest BCUT2D eigenvalue weighted by Gasteiger charge is 2.41. The van der Waals surface area contributed by atoms with Crippen molar-refractivity contribution >= 4 is 33.3 Å². The van der Waals surface area contributed by atoms with Gasteiger partial charge in [-0.3, -0.25) is 9.20 Å². The van der Waals surface area contributed by atoms with Crippen LogP contribution in [0.2, 0.25) is 0 Å². The van der Waals surface area contributed by atoms with Crippen molar-refractivity contribution in [2.45, 2.75) is 69.1 Å². The summed E-state index contributed by atoms with van der Waals surface area (Å²) in [5.41, 5.74) is 2.82. The molecule has 15 heteroatoms. The minimum atomic E-state index is -4.72. The molecule has 0 saturated carbocycles. The molecule has 1 aromatic carbocycles. The molecule has 0 amide bonds. The molecule has 1 fully saturated rings. The van der Waals surface area contributed by atoms with Crippen LogP contribution in [-0.2, 0) is 27.5 Å². The number of aliphatic carboxylic acids is 1. The number of carbonyl (C=O) groups is 1. The standard InChI is InChI=1S/C31H30F3N7O4S/c1-18-7-8-20(24(15-27(42)43)23-11-13-41-28(19(23)2)37-38-30(41)31(32,33)34)14-21(18)16-39-17-22-6-4-5-12-40(22)29-25(46(39,44)45)9-10-26(35-3)36-29/h7-11,13-14,22,24H,4-6,12,15-17H2,1-2H3,(H,42,43)/t22-,24+/m1/s1. The van der Waals surface area contributed by atoms with Crippen molar-refractivity contribution in [3.8, 4) is 0 Å². The van der Waals surface area contributed by atoms with Gasteiger partial charge in [0, 0.05) is 37.8 Å². The van der Waals surface area contributed by atoms with Crippen molar-refractivity contribution in [3.63, 3.8) is 0 Å². The van der Waals surface area contributed by atoms with E-state index in [2.05, 4.69) is 20.0 Å². The number of carboxylic acid groups (broad SMARTS) is 1. The lowest BCUT2D eigenvalue weighted by atomic mass is 9.85. The lowest BCUT2D eigenvalue weighted by molar-refractivity contribution is -0.145. The molecule has 0 unspecified atom stereocenters. The number of pyridine rings is 2. The molecule has 240 valence electrons. The number of benzene rings is 1. The van der Waals surface area contributed by atoms with Crippen LogP contribution in [0.25, 0.3) is 10.5 Å². The lowest BCUT2D eigenvalue weighted by Crippen LogP contribution is -2.45. The molecule has 2 atom stereocenters. The van der Waals surface area contributed by atoms with Crippen LogP contribution in [0, 0.1) is 20.4 Å². The summed E-state index contributed by atoms with van der Waals surface area (Å²) in [6, 6.07) is 9.48. The van der Waals surface area contributed by atoms with Crippen molar-refractivity contribution in [1.82, 2.24) is 23.9 Å². The van der Waals surface area contributed by atoms with E-state index in [-0.39, 0.29) is 41.9 Å². The molecule has 3 aromatic heterocycles. The Labute approximate surface area is 263 Å². The summed E-state index contributed by atoms with van der Waals surface area (Å²) in [5, 5.41) is 16.9. The topological polar surface area (TPSA) is 125 Å². The van der Waals surface area contributed by atoms with Gasteiger partial charge in [-0.2, -0.15) is 17.5 Å². The highest BCUT2D eigenvalue weighted by molar-refractivity contribution is 7.89. The third-order valence-corrected chi connectivity index (χ3v) is 10.7. The van der Waals surface area contributed by atoms with Crippen LogP contribution >= 0.6 is 0 Å². The smallest absolute Gasteiger partial charge is 0.452 e. The Bertz CT molecular complexity index is 2010. The third-order valence-electron chi connectivity index (χ3n) is 8.87. The number of rotatable bonds is 6. The Hall–Kier alpha value is -4.55. The molecule has 11 nitrogen and oxygen atoms in total. The first-order valence-electron chi connectivity index (χ1n) is 14.7. The molecule has 2 aliphatic rings. The summed E-state index contributed by atoms with van der Waals surface area (Å²) in [6.07, 6.45) is -1.33. The zero-order valence-electron chi connectivity index (χ0n) is 25.0. The first-order chi connectivity index (χ1) is 21.8. The minimum absolute atomic E-state index is 0.00723. The molecule has 6 rings (SSSR count). The molecule has 2 aliphatic heterocycles. The number of sulfonamides is 1. The van der Waals surface area contributed by atoms with Gasteiger partial charge in [0.1, 0.15) is 4.90 Å². The Morgan fingerprint density at radius 2 is 1.93 bits per heavy atom. The van der Waals surface area contributed by atoms with E-state index in [1.165, 1.54) is 28.7 Å². The molecule has 0 spiro atoms.